The monoisotopic (exact) mass is 374 g/mol. The fourth-order valence-corrected chi connectivity index (χ4v) is 5.78. The first kappa shape index (κ1) is 19.4. The summed E-state index contributed by atoms with van der Waals surface area (Å²) in [7, 11) is -5.16. The standard InChI is InChI=1S/C16H26N2O4S2/c1-4-14-13-17(3)10-7-11-18(14)24(21,22)16-9-6-8-15(12-16)23(19,20)5-2/h6,8-9,12,14H,4-5,7,10-11,13H2,1-3H3. The van der Waals surface area contributed by atoms with E-state index in [1.54, 1.807) is 6.92 Å². The van der Waals surface area contributed by atoms with Gasteiger partial charge in [-0.05, 0) is 44.6 Å². The zero-order valence-corrected chi connectivity index (χ0v) is 16.1. The molecule has 1 atom stereocenters. The molecule has 1 unspecified atom stereocenters. The zero-order chi connectivity index (χ0) is 18.0. The molecule has 6 nitrogen and oxygen atoms in total. The molecule has 1 fully saturated rings. The number of benzene rings is 1. The maximum atomic E-state index is 13.1. The number of sulfonamides is 1. The van der Waals surface area contributed by atoms with E-state index in [1.807, 2.05) is 14.0 Å². The summed E-state index contributed by atoms with van der Waals surface area (Å²) in [4.78, 5) is 2.26. The fraction of sp³-hybridized carbons (Fsp3) is 0.625. The molecule has 1 aromatic carbocycles. The van der Waals surface area contributed by atoms with Gasteiger partial charge in [-0.1, -0.05) is 19.9 Å². The van der Waals surface area contributed by atoms with E-state index in [-0.39, 0.29) is 21.6 Å². The molecular formula is C16H26N2O4S2. The van der Waals surface area contributed by atoms with E-state index < -0.39 is 19.9 Å². The van der Waals surface area contributed by atoms with Crippen molar-refractivity contribution in [2.24, 2.45) is 0 Å². The highest BCUT2D eigenvalue weighted by Gasteiger charge is 2.33. The van der Waals surface area contributed by atoms with Gasteiger partial charge in [-0.15, -0.1) is 0 Å². The van der Waals surface area contributed by atoms with E-state index in [0.717, 1.165) is 19.4 Å². The Morgan fingerprint density at radius 3 is 2.38 bits per heavy atom. The van der Waals surface area contributed by atoms with Gasteiger partial charge in [-0.2, -0.15) is 4.31 Å². The van der Waals surface area contributed by atoms with Crippen LogP contribution in [-0.4, -0.2) is 64.5 Å². The Labute approximate surface area is 145 Å². The molecule has 0 amide bonds. The van der Waals surface area contributed by atoms with Gasteiger partial charge in [0.1, 0.15) is 0 Å². The van der Waals surface area contributed by atoms with Crippen molar-refractivity contribution < 1.29 is 16.8 Å². The van der Waals surface area contributed by atoms with Crippen LogP contribution in [0.2, 0.25) is 0 Å². The van der Waals surface area contributed by atoms with E-state index in [0.29, 0.717) is 13.1 Å². The summed E-state index contributed by atoms with van der Waals surface area (Å²) in [6, 6.07) is 5.61. The van der Waals surface area contributed by atoms with Crippen LogP contribution in [0.15, 0.2) is 34.1 Å². The van der Waals surface area contributed by atoms with E-state index in [2.05, 4.69) is 4.90 Å². The fourth-order valence-electron chi connectivity index (χ4n) is 3.00. The summed E-state index contributed by atoms with van der Waals surface area (Å²) in [5.41, 5.74) is 0. The van der Waals surface area contributed by atoms with Crippen molar-refractivity contribution >= 4 is 19.9 Å². The van der Waals surface area contributed by atoms with Crippen molar-refractivity contribution in [2.45, 2.75) is 42.5 Å². The molecule has 0 aromatic heterocycles. The minimum absolute atomic E-state index is 0.0530. The first-order chi connectivity index (χ1) is 11.2. The molecule has 8 heteroatoms. The summed E-state index contributed by atoms with van der Waals surface area (Å²) >= 11 is 0. The predicted molar refractivity (Wildman–Crippen MR) is 94.3 cm³/mol. The highest BCUT2D eigenvalue weighted by atomic mass is 32.2. The molecule has 0 aliphatic carbocycles. The SMILES string of the molecule is CCC1CN(C)CCCN1S(=O)(=O)c1cccc(S(=O)(=O)CC)c1. The lowest BCUT2D eigenvalue weighted by molar-refractivity contribution is 0.270. The van der Waals surface area contributed by atoms with Gasteiger partial charge in [0.25, 0.3) is 0 Å². The van der Waals surface area contributed by atoms with Gasteiger partial charge in [0, 0.05) is 19.1 Å². The maximum absolute atomic E-state index is 13.1. The lowest BCUT2D eigenvalue weighted by Gasteiger charge is -2.29. The summed E-state index contributed by atoms with van der Waals surface area (Å²) in [6.45, 7) is 5.52. The van der Waals surface area contributed by atoms with Gasteiger partial charge in [0.2, 0.25) is 10.0 Å². The minimum atomic E-state index is -3.72. The smallest absolute Gasteiger partial charge is 0.243 e. The Morgan fingerprint density at radius 1 is 1.08 bits per heavy atom. The lowest BCUT2D eigenvalue weighted by Crippen LogP contribution is -2.43. The van der Waals surface area contributed by atoms with Gasteiger partial charge in [0.05, 0.1) is 15.5 Å². The van der Waals surface area contributed by atoms with Gasteiger partial charge >= 0.3 is 0 Å². The average Bonchev–Trinajstić information content (AvgIpc) is 2.76. The molecule has 0 N–H and O–H groups in total. The number of rotatable bonds is 5. The Bertz CT molecular complexity index is 775. The minimum Gasteiger partial charge on any atom is -0.305 e. The largest absolute Gasteiger partial charge is 0.305 e. The Balaban J connectivity index is 2.44. The summed E-state index contributed by atoms with van der Waals surface area (Å²) in [5.74, 6) is -0.0530. The van der Waals surface area contributed by atoms with Crippen LogP contribution in [-0.2, 0) is 19.9 Å². The normalized spacial score (nSPS) is 21.5. The van der Waals surface area contributed by atoms with Crippen LogP contribution in [0.1, 0.15) is 26.7 Å². The molecule has 1 aliphatic heterocycles. The number of nitrogens with zero attached hydrogens (tertiary/aromatic N) is 2. The highest BCUT2D eigenvalue weighted by Crippen LogP contribution is 2.24. The summed E-state index contributed by atoms with van der Waals surface area (Å²) in [6.07, 6.45) is 1.48. The molecule has 0 saturated carbocycles. The van der Waals surface area contributed by atoms with Crippen LogP contribution in [0.5, 0.6) is 0 Å². The van der Waals surface area contributed by atoms with Gasteiger partial charge < -0.3 is 4.90 Å². The van der Waals surface area contributed by atoms with Gasteiger partial charge in [-0.25, -0.2) is 16.8 Å². The van der Waals surface area contributed by atoms with Crippen LogP contribution >= 0.6 is 0 Å². The second-order valence-corrected chi connectivity index (χ2v) is 10.3. The Kier molecular flexibility index (Phi) is 6.06. The quantitative estimate of drug-likeness (QED) is 0.782. The molecule has 1 saturated heterocycles. The molecule has 0 spiro atoms. The van der Waals surface area contributed by atoms with Crippen LogP contribution in [0, 0.1) is 0 Å². The third kappa shape index (κ3) is 3.99. The Hall–Kier alpha value is -0.960. The van der Waals surface area contributed by atoms with Crippen molar-refractivity contribution in [3.8, 4) is 0 Å². The second-order valence-electron chi connectivity index (χ2n) is 6.17. The van der Waals surface area contributed by atoms with Crippen LogP contribution in [0.25, 0.3) is 0 Å². The molecular weight excluding hydrogens is 348 g/mol. The predicted octanol–water partition coefficient (Wildman–Crippen LogP) is 1.59. The highest BCUT2D eigenvalue weighted by molar-refractivity contribution is 7.91. The second kappa shape index (κ2) is 7.51. The van der Waals surface area contributed by atoms with Crippen LogP contribution in [0.4, 0.5) is 0 Å². The molecule has 2 rings (SSSR count). The topological polar surface area (TPSA) is 74.8 Å². The van der Waals surface area contributed by atoms with Gasteiger partial charge in [0.15, 0.2) is 9.84 Å². The molecule has 0 radical (unpaired) electrons. The summed E-state index contributed by atoms with van der Waals surface area (Å²) < 4.78 is 51.8. The average molecular weight is 375 g/mol. The molecule has 24 heavy (non-hydrogen) atoms. The first-order valence-corrected chi connectivity index (χ1v) is 11.3. The van der Waals surface area contributed by atoms with Crippen molar-refractivity contribution in [3.63, 3.8) is 0 Å². The van der Waals surface area contributed by atoms with Gasteiger partial charge in [-0.3, -0.25) is 0 Å². The molecule has 136 valence electrons. The summed E-state index contributed by atoms with van der Waals surface area (Å²) in [5, 5.41) is 0. The van der Waals surface area contributed by atoms with Crippen molar-refractivity contribution in [2.75, 3.05) is 32.4 Å². The van der Waals surface area contributed by atoms with E-state index in [9.17, 15) is 16.8 Å². The third-order valence-electron chi connectivity index (χ3n) is 4.47. The third-order valence-corrected chi connectivity index (χ3v) is 8.15. The van der Waals surface area contributed by atoms with E-state index in [1.165, 1.54) is 28.6 Å². The first-order valence-electron chi connectivity index (χ1n) is 8.25. The number of likely N-dealkylation sites (N-methyl/N-ethyl adjacent to an activating group) is 1. The molecule has 1 heterocycles. The lowest BCUT2D eigenvalue weighted by atomic mass is 10.2. The zero-order valence-electron chi connectivity index (χ0n) is 14.5. The van der Waals surface area contributed by atoms with E-state index >= 15 is 0 Å². The van der Waals surface area contributed by atoms with Crippen molar-refractivity contribution in [3.05, 3.63) is 24.3 Å². The van der Waals surface area contributed by atoms with Crippen molar-refractivity contribution in [1.82, 2.24) is 9.21 Å². The molecule has 0 bridgehead atoms. The number of sulfone groups is 1. The van der Waals surface area contributed by atoms with Crippen LogP contribution in [0.3, 0.4) is 0 Å². The molecule has 1 aliphatic rings. The molecule has 1 aromatic rings. The van der Waals surface area contributed by atoms with Crippen LogP contribution < -0.4 is 0 Å². The van der Waals surface area contributed by atoms with E-state index in [4.69, 9.17) is 0 Å². The van der Waals surface area contributed by atoms with Crippen molar-refractivity contribution in [1.29, 1.82) is 0 Å². The maximum Gasteiger partial charge on any atom is 0.243 e. The number of hydrogen-bond acceptors (Lipinski definition) is 5. The number of hydrogen-bond donors (Lipinski definition) is 0. The Morgan fingerprint density at radius 2 is 1.75 bits per heavy atom.